The molecule has 0 saturated carbocycles. The lowest BCUT2D eigenvalue weighted by atomic mass is 9.92. The van der Waals surface area contributed by atoms with E-state index >= 15 is 0 Å². The van der Waals surface area contributed by atoms with Crippen LogP contribution in [0, 0.1) is 6.92 Å². The zero-order valence-corrected chi connectivity index (χ0v) is 12.9. The van der Waals surface area contributed by atoms with Crippen LogP contribution in [0.25, 0.3) is 11.1 Å². The Balaban J connectivity index is 2.80. The predicted molar refractivity (Wildman–Crippen MR) is 83.6 cm³/mol. The minimum absolute atomic E-state index is 0.0744. The van der Waals surface area contributed by atoms with Crippen molar-refractivity contribution in [3.8, 4) is 22.6 Å². The molecule has 0 aliphatic carbocycles. The molecule has 0 radical (unpaired) electrons. The molecule has 2 aromatic rings. The Morgan fingerprint density at radius 1 is 0.870 bits per heavy atom. The molecule has 6 nitrogen and oxygen atoms in total. The number of methoxy groups -OCH3 is 2. The van der Waals surface area contributed by atoms with Crippen LogP contribution in [0.1, 0.15) is 26.3 Å². The molecule has 120 valence electrons. The first-order valence-electron chi connectivity index (χ1n) is 6.72. The average Bonchev–Trinajstić information content (AvgIpc) is 2.53. The van der Waals surface area contributed by atoms with E-state index in [9.17, 15) is 19.8 Å². The minimum Gasteiger partial charge on any atom is -0.493 e. The summed E-state index contributed by atoms with van der Waals surface area (Å²) in [6, 6.07) is 7.65. The SMILES string of the molecule is COc1ccc(-c2c(C(=O)O)cc(C)cc2C(=O)O)cc1OC. The van der Waals surface area contributed by atoms with Gasteiger partial charge in [0.05, 0.1) is 25.3 Å². The van der Waals surface area contributed by atoms with Crippen LogP contribution in [0.3, 0.4) is 0 Å². The summed E-state index contributed by atoms with van der Waals surface area (Å²) in [6.07, 6.45) is 0. The second kappa shape index (κ2) is 6.39. The van der Waals surface area contributed by atoms with Crippen LogP contribution in [0.4, 0.5) is 0 Å². The summed E-state index contributed by atoms with van der Waals surface area (Å²) in [5.74, 6) is -1.53. The van der Waals surface area contributed by atoms with E-state index in [0.717, 1.165) is 0 Å². The maximum Gasteiger partial charge on any atom is 0.336 e. The fraction of sp³-hybridized carbons (Fsp3) is 0.176. The van der Waals surface area contributed by atoms with Crippen LogP contribution < -0.4 is 9.47 Å². The molecule has 2 rings (SSSR count). The summed E-state index contributed by atoms with van der Waals surface area (Å²) in [6.45, 7) is 1.65. The topological polar surface area (TPSA) is 93.1 Å². The average molecular weight is 316 g/mol. The van der Waals surface area contributed by atoms with Gasteiger partial charge >= 0.3 is 11.9 Å². The van der Waals surface area contributed by atoms with Crippen molar-refractivity contribution in [1.29, 1.82) is 0 Å². The second-order valence-electron chi connectivity index (χ2n) is 4.92. The standard InChI is InChI=1S/C17H16O6/c1-9-6-11(16(18)19)15(12(7-9)17(20)21)10-4-5-13(22-2)14(8-10)23-3/h4-8H,1-3H3,(H,18,19)(H,20,21). The van der Waals surface area contributed by atoms with Gasteiger partial charge in [-0.1, -0.05) is 6.07 Å². The first-order chi connectivity index (χ1) is 10.9. The van der Waals surface area contributed by atoms with Gasteiger partial charge in [0.15, 0.2) is 11.5 Å². The molecule has 0 heterocycles. The van der Waals surface area contributed by atoms with Crippen LogP contribution in [0.5, 0.6) is 11.5 Å². The molecule has 2 aromatic carbocycles. The molecule has 0 spiro atoms. The number of carboxylic acid groups (broad SMARTS) is 2. The van der Waals surface area contributed by atoms with Crippen LogP contribution in [-0.2, 0) is 0 Å². The molecule has 0 atom stereocenters. The van der Waals surface area contributed by atoms with E-state index in [1.54, 1.807) is 25.1 Å². The lowest BCUT2D eigenvalue weighted by molar-refractivity contribution is 0.0696. The highest BCUT2D eigenvalue weighted by molar-refractivity contribution is 6.05. The summed E-state index contributed by atoms with van der Waals surface area (Å²) in [4.78, 5) is 23.1. The highest BCUT2D eigenvalue weighted by Gasteiger charge is 2.21. The first kappa shape index (κ1) is 16.4. The first-order valence-corrected chi connectivity index (χ1v) is 6.72. The normalized spacial score (nSPS) is 10.2. The third-order valence-electron chi connectivity index (χ3n) is 3.42. The largest absolute Gasteiger partial charge is 0.493 e. The smallest absolute Gasteiger partial charge is 0.336 e. The van der Waals surface area contributed by atoms with Gasteiger partial charge in [0.1, 0.15) is 0 Å². The maximum absolute atomic E-state index is 11.6. The summed E-state index contributed by atoms with van der Waals surface area (Å²) >= 11 is 0. The van der Waals surface area contributed by atoms with Gasteiger partial charge in [0, 0.05) is 5.56 Å². The van der Waals surface area contributed by atoms with Gasteiger partial charge in [-0.15, -0.1) is 0 Å². The Labute approximate surface area is 132 Å². The van der Waals surface area contributed by atoms with Crippen molar-refractivity contribution >= 4 is 11.9 Å². The highest BCUT2D eigenvalue weighted by atomic mass is 16.5. The van der Waals surface area contributed by atoms with Gasteiger partial charge in [-0.05, 0) is 42.3 Å². The molecule has 0 bridgehead atoms. The van der Waals surface area contributed by atoms with Crippen LogP contribution >= 0.6 is 0 Å². The number of aryl methyl sites for hydroxylation is 1. The highest BCUT2D eigenvalue weighted by Crippen LogP contribution is 2.36. The Kier molecular flexibility index (Phi) is 4.55. The lowest BCUT2D eigenvalue weighted by Gasteiger charge is -2.14. The van der Waals surface area contributed by atoms with Crippen molar-refractivity contribution in [1.82, 2.24) is 0 Å². The third kappa shape index (κ3) is 3.11. The molecule has 2 N–H and O–H groups in total. The van der Waals surface area contributed by atoms with E-state index in [0.29, 0.717) is 22.6 Å². The molecule has 6 heteroatoms. The number of aromatic carboxylic acids is 2. The zero-order valence-electron chi connectivity index (χ0n) is 12.9. The number of rotatable bonds is 5. The number of carbonyl (C=O) groups is 2. The Bertz CT molecular complexity index is 744. The number of carboxylic acids is 2. The van der Waals surface area contributed by atoms with Gasteiger partial charge < -0.3 is 19.7 Å². The quantitative estimate of drug-likeness (QED) is 0.880. The van der Waals surface area contributed by atoms with Crippen molar-refractivity contribution in [3.63, 3.8) is 0 Å². The fourth-order valence-electron chi connectivity index (χ4n) is 2.43. The monoisotopic (exact) mass is 316 g/mol. The maximum atomic E-state index is 11.6. The molecule has 0 saturated heterocycles. The minimum atomic E-state index is -1.19. The van der Waals surface area contributed by atoms with E-state index in [1.807, 2.05) is 0 Å². The van der Waals surface area contributed by atoms with Gasteiger partial charge in [-0.2, -0.15) is 0 Å². The number of ether oxygens (including phenoxy) is 2. The van der Waals surface area contributed by atoms with Gasteiger partial charge in [-0.25, -0.2) is 9.59 Å². The van der Waals surface area contributed by atoms with E-state index < -0.39 is 11.9 Å². The van der Waals surface area contributed by atoms with E-state index in [2.05, 4.69) is 0 Å². The van der Waals surface area contributed by atoms with Crippen molar-refractivity contribution in [2.45, 2.75) is 6.92 Å². The van der Waals surface area contributed by atoms with Crippen LogP contribution in [-0.4, -0.2) is 36.4 Å². The van der Waals surface area contributed by atoms with Gasteiger partial charge in [0.25, 0.3) is 0 Å². The molecular weight excluding hydrogens is 300 g/mol. The number of hydrogen-bond donors (Lipinski definition) is 2. The second-order valence-corrected chi connectivity index (χ2v) is 4.92. The van der Waals surface area contributed by atoms with E-state index in [-0.39, 0.29) is 16.7 Å². The molecule has 0 amide bonds. The Morgan fingerprint density at radius 2 is 1.39 bits per heavy atom. The Morgan fingerprint density at radius 3 is 1.83 bits per heavy atom. The number of benzene rings is 2. The van der Waals surface area contributed by atoms with Crippen molar-refractivity contribution in [2.75, 3.05) is 14.2 Å². The molecule has 0 aliphatic rings. The molecule has 23 heavy (non-hydrogen) atoms. The number of hydrogen-bond acceptors (Lipinski definition) is 4. The third-order valence-corrected chi connectivity index (χ3v) is 3.42. The summed E-state index contributed by atoms with van der Waals surface area (Å²) < 4.78 is 10.3. The molecule has 0 aromatic heterocycles. The Hall–Kier alpha value is -3.02. The van der Waals surface area contributed by atoms with Gasteiger partial charge in [-0.3, -0.25) is 0 Å². The van der Waals surface area contributed by atoms with E-state index in [4.69, 9.17) is 9.47 Å². The zero-order chi connectivity index (χ0) is 17.1. The molecule has 0 aliphatic heterocycles. The summed E-state index contributed by atoms with van der Waals surface area (Å²) in [5, 5.41) is 18.9. The van der Waals surface area contributed by atoms with Crippen LogP contribution in [0.2, 0.25) is 0 Å². The molecule has 0 fully saturated rings. The van der Waals surface area contributed by atoms with Crippen molar-refractivity contribution in [3.05, 3.63) is 47.0 Å². The van der Waals surface area contributed by atoms with Crippen LogP contribution in [0.15, 0.2) is 30.3 Å². The summed E-state index contributed by atoms with van der Waals surface area (Å²) in [5.41, 5.74) is 0.974. The predicted octanol–water partition coefficient (Wildman–Crippen LogP) is 3.08. The van der Waals surface area contributed by atoms with Gasteiger partial charge in [0.2, 0.25) is 0 Å². The van der Waals surface area contributed by atoms with Crippen molar-refractivity contribution < 1.29 is 29.3 Å². The lowest BCUT2D eigenvalue weighted by Crippen LogP contribution is -2.08. The van der Waals surface area contributed by atoms with E-state index in [1.165, 1.54) is 26.4 Å². The van der Waals surface area contributed by atoms with Crippen molar-refractivity contribution in [2.24, 2.45) is 0 Å². The summed E-state index contributed by atoms with van der Waals surface area (Å²) in [7, 11) is 2.93. The molecular formula is C17H16O6. The molecule has 0 unspecified atom stereocenters. The fourth-order valence-corrected chi connectivity index (χ4v) is 2.43.